The van der Waals surface area contributed by atoms with Crippen molar-refractivity contribution in [3.63, 3.8) is 0 Å². The van der Waals surface area contributed by atoms with E-state index in [4.69, 9.17) is 16.0 Å². The number of fused-ring (bicyclic) bond motifs is 2. The third kappa shape index (κ3) is 3.21. The molecule has 5 rings (SSSR count). The van der Waals surface area contributed by atoms with Gasteiger partial charge in [-0.05, 0) is 37.0 Å². The Labute approximate surface area is 183 Å². The first-order chi connectivity index (χ1) is 14.8. The van der Waals surface area contributed by atoms with E-state index in [0.29, 0.717) is 34.1 Å². The molecule has 1 aliphatic carbocycles. The van der Waals surface area contributed by atoms with E-state index in [-0.39, 0.29) is 12.1 Å². The molecule has 2 fully saturated rings. The first-order valence-electron chi connectivity index (χ1n) is 10.1. The first kappa shape index (κ1) is 20.1. The smallest absolute Gasteiger partial charge is 0.323 e. The molecule has 9 nitrogen and oxygen atoms in total. The molecule has 2 aromatic rings. The second-order valence-electron chi connectivity index (χ2n) is 8.51. The molecule has 2 amide bonds. The van der Waals surface area contributed by atoms with Gasteiger partial charge in [0.25, 0.3) is 0 Å². The minimum absolute atomic E-state index is 0.119. The zero-order valence-electron chi connectivity index (χ0n) is 17.4. The zero-order valence-corrected chi connectivity index (χ0v) is 18.1. The van der Waals surface area contributed by atoms with Crippen LogP contribution in [0.25, 0.3) is 0 Å². The summed E-state index contributed by atoms with van der Waals surface area (Å²) in [5.74, 6) is 0.976. The van der Waals surface area contributed by atoms with Gasteiger partial charge in [0.1, 0.15) is 5.54 Å². The van der Waals surface area contributed by atoms with Gasteiger partial charge in [-0.15, -0.1) is 15.7 Å². The summed E-state index contributed by atoms with van der Waals surface area (Å²) in [5.41, 5.74) is 3.30. The Morgan fingerprint density at radius 1 is 1.39 bits per heavy atom. The van der Waals surface area contributed by atoms with E-state index >= 15 is 0 Å². The summed E-state index contributed by atoms with van der Waals surface area (Å²) in [7, 11) is 1.55. The van der Waals surface area contributed by atoms with Crippen molar-refractivity contribution in [3.8, 4) is 0 Å². The van der Waals surface area contributed by atoms with E-state index in [1.807, 2.05) is 4.90 Å². The number of anilines is 2. The monoisotopic (exact) mass is 447 g/mol. The third-order valence-corrected chi connectivity index (χ3v) is 6.49. The number of likely N-dealkylation sites (tertiary alicyclic amines) is 1. The number of aromatic nitrogens is 2. The second-order valence-corrected chi connectivity index (χ2v) is 8.92. The Kier molecular flexibility index (Phi) is 4.60. The number of hydrogen-bond acceptors (Lipinski definition) is 7. The van der Waals surface area contributed by atoms with Crippen molar-refractivity contribution in [1.29, 1.82) is 0 Å². The van der Waals surface area contributed by atoms with Crippen molar-refractivity contribution in [3.05, 3.63) is 47.2 Å². The maximum absolute atomic E-state index is 13.8. The predicted molar refractivity (Wildman–Crippen MR) is 112 cm³/mol. The van der Waals surface area contributed by atoms with Gasteiger partial charge >= 0.3 is 6.03 Å². The summed E-state index contributed by atoms with van der Waals surface area (Å²) in [5, 5.41) is 14.2. The fourth-order valence-electron chi connectivity index (χ4n) is 4.95. The molecule has 0 spiro atoms. The standard InChI is InChI=1S/C20H23ClFN7O2/c1-11-6-14-9-20(8-11,18-25-24-12(2)31-18)29(14)19(30)23-13-4-5-15(21)16(7-13)28-10-17(22)27(3)26-28/h4-5,7,10-11,14,26H,6,8-9H2,1-3H3,(H,23,30)/t11-,14+,20-/m0/s1. The van der Waals surface area contributed by atoms with E-state index in [1.165, 1.54) is 16.2 Å². The highest BCUT2D eigenvalue weighted by Crippen LogP contribution is 2.55. The summed E-state index contributed by atoms with van der Waals surface area (Å²) in [6, 6.07) is 4.95. The fourth-order valence-corrected chi connectivity index (χ4v) is 5.16. The molecule has 1 aromatic carbocycles. The lowest BCUT2D eigenvalue weighted by Crippen LogP contribution is -2.70. The largest absolute Gasteiger partial charge is 0.423 e. The number of hydrogen-bond donors (Lipinski definition) is 2. The van der Waals surface area contributed by atoms with E-state index in [9.17, 15) is 9.18 Å². The topological polar surface area (TPSA) is 89.8 Å². The molecule has 2 N–H and O–H groups in total. The van der Waals surface area contributed by atoms with Crippen molar-refractivity contribution in [2.24, 2.45) is 5.92 Å². The number of carbonyl (C=O) groups is 1. The van der Waals surface area contributed by atoms with Crippen LogP contribution in [0.3, 0.4) is 0 Å². The zero-order chi connectivity index (χ0) is 21.9. The second kappa shape index (κ2) is 7.10. The lowest BCUT2D eigenvalue weighted by atomic mass is 9.64. The Balaban J connectivity index is 1.40. The summed E-state index contributed by atoms with van der Waals surface area (Å²) in [6.07, 6.45) is 3.80. The molecule has 3 atom stereocenters. The average Bonchev–Trinajstić information content (AvgIpc) is 3.28. The molecule has 1 saturated carbocycles. The molecule has 1 aromatic heterocycles. The molecule has 3 heterocycles. The number of halogens is 2. The van der Waals surface area contributed by atoms with Crippen molar-refractivity contribution in [1.82, 2.24) is 25.6 Å². The normalized spacial score (nSPS) is 27.3. The molecule has 3 aliphatic rings. The van der Waals surface area contributed by atoms with Crippen LogP contribution in [0, 0.1) is 12.8 Å². The summed E-state index contributed by atoms with van der Waals surface area (Å²) < 4.78 is 19.5. The Morgan fingerprint density at radius 2 is 2.19 bits per heavy atom. The van der Waals surface area contributed by atoms with Crippen molar-refractivity contribution in [2.45, 2.75) is 44.7 Å². The minimum Gasteiger partial charge on any atom is -0.423 e. The SMILES string of the molecule is Cc1nnc([C@]23C[C@@H](C)C[C@H](C2)N3C(=O)Nc2ccc(Cl)c(N3C=C(F)N(C)N3)c2)o1. The summed E-state index contributed by atoms with van der Waals surface area (Å²) in [4.78, 5) is 15.1. The van der Waals surface area contributed by atoms with E-state index < -0.39 is 11.5 Å². The van der Waals surface area contributed by atoms with Gasteiger partial charge in [0, 0.05) is 32.1 Å². The van der Waals surface area contributed by atoms with Gasteiger partial charge in [0.2, 0.25) is 17.7 Å². The molecule has 0 radical (unpaired) electrons. The van der Waals surface area contributed by atoms with Gasteiger partial charge < -0.3 is 14.6 Å². The number of hydrazine groups is 2. The van der Waals surface area contributed by atoms with Crippen molar-refractivity contribution < 1.29 is 13.6 Å². The van der Waals surface area contributed by atoms with Gasteiger partial charge in [0.05, 0.1) is 16.9 Å². The van der Waals surface area contributed by atoms with Crippen LogP contribution in [0.1, 0.15) is 38.0 Å². The van der Waals surface area contributed by atoms with Gasteiger partial charge in [-0.1, -0.05) is 18.5 Å². The molecule has 2 bridgehead atoms. The number of nitrogens with zero attached hydrogens (tertiary/aromatic N) is 5. The highest BCUT2D eigenvalue weighted by atomic mass is 35.5. The minimum atomic E-state index is -0.575. The van der Waals surface area contributed by atoms with Gasteiger partial charge in [-0.25, -0.2) is 4.79 Å². The van der Waals surface area contributed by atoms with Crippen LogP contribution in [-0.2, 0) is 5.54 Å². The Hall–Kier alpha value is -2.85. The number of aryl methyl sites for hydroxylation is 1. The molecule has 1 saturated heterocycles. The quantitative estimate of drug-likeness (QED) is 0.689. The molecule has 0 unspecified atom stereocenters. The van der Waals surface area contributed by atoms with Crippen LogP contribution in [0.2, 0.25) is 5.02 Å². The maximum Gasteiger partial charge on any atom is 0.323 e. The first-order valence-corrected chi connectivity index (χ1v) is 10.5. The van der Waals surface area contributed by atoms with E-state index in [2.05, 4.69) is 28.0 Å². The Bertz CT molecular complexity index is 1080. The molecule has 11 heteroatoms. The molecule has 31 heavy (non-hydrogen) atoms. The number of rotatable bonds is 3. The molecule has 164 valence electrons. The van der Waals surface area contributed by atoms with Crippen molar-refractivity contribution >= 4 is 29.0 Å². The highest BCUT2D eigenvalue weighted by molar-refractivity contribution is 6.33. The van der Waals surface area contributed by atoms with Crippen LogP contribution in [0.4, 0.5) is 20.6 Å². The summed E-state index contributed by atoms with van der Waals surface area (Å²) in [6.45, 7) is 3.92. The van der Waals surface area contributed by atoms with Crippen LogP contribution < -0.4 is 15.9 Å². The van der Waals surface area contributed by atoms with E-state index in [0.717, 1.165) is 19.3 Å². The average molecular weight is 448 g/mol. The van der Waals surface area contributed by atoms with Crippen LogP contribution in [-0.4, -0.2) is 39.2 Å². The molecule has 2 aliphatic heterocycles. The third-order valence-electron chi connectivity index (χ3n) is 6.17. The number of nitrogens with one attached hydrogen (secondary N) is 2. The van der Waals surface area contributed by atoms with Gasteiger partial charge in [0.15, 0.2) is 0 Å². The predicted octanol–water partition coefficient (Wildman–Crippen LogP) is 3.90. The molecular weight excluding hydrogens is 425 g/mol. The van der Waals surface area contributed by atoms with Crippen LogP contribution in [0.15, 0.2) is 34.8 Å². The van der Waals surface area contributed by atoms with Crippen LogP contribution in [0.5, 0.6) is 0 Å². The van der Waals surface area contributed by atoms with Gasteiger partial charge in [-0.3, -0.25) is 10.0 Å². The number of benzene rings is 1. The van der Waals surface area contributed by atoms with E-state index in [1.54, 1.807) is 32.2 Å². The van der Waals surface area contributed by atoms with Crippen LogP contribution >= 0.6 is 11.6 Å². The fraction of sp³-hybridized carbons (Fsp3) is 0.450. The lowest BCUT2D eigenvalue weighted by molar-refractivity contribution is -0.110. The number of amides is 2. The maximum atomic E-state index is 13.8. The highest BCUT2D eigenvalue weighted by Gasteiger charge is 2.62. The number of urea groups is 1. The summed E-state index contributed by atoms with van der Waals surface area (Å²) >= 11 is 6.31. The lowest BCUT2D eigenvalue weighted by Gasteiger charge is -2.61. The number of carbonyl (C=O) groups excluding carboxylic acids is 1. The number of piperidine rings is 1. The van der Waals surface area contributed by atoms with Crippen molar-refractivity contribution in [2.75, 3.05) is 17.4 Å². The Morgan fingerprint density at radius 3 is 2.87 bits per heavy atom. The van der Waals surface area contributed by atoms with Gasteiger partial charge in [-0.2, -0.15) is 4.39 Å². The molecular formula is C20H23ClFN7O2.